The van der Waals surface area contributed by atoms with Crippen molar-refractivity contribution in [2.24, 2.45) is 0 Å². The predicted molar refractivity (Wildman–Crippen MR) is 120 cm³/mol. The molecule has 1 aliphatic rings. The average Bonchev–Trinajstić information content (AvgIpc) is 2.81. The fourth-order valence-corrected chi connectivity index (χ4v) is 3.44. The summed E-state index contributed by atoms with van der Waals surface area (Å²) in [4.78, 5) is 77.6. The summed E-state index contributed by atoms with van der Waals surface area (Å²) in [6.07, 6.45) is 2.17. The maximum Gasteiger partial charge on any atom is 0.308 e. The minimum atomic E-state index is -1.35. The van der Waals surface area contributed by atoms with Crippen LogP contribution in [0.5, 0.6) is 0 Å². The van der Waals surface area contributed by atoms with Gasteiger partial charge in [0.15, 0.2) is 0 Å². The molecule has 12 nitrogen and oxygen atoms in total. The van der Waals surface area contributed by atoms with Crippen molar-refractivity contribution >= 4 is 35.6 Å². The van der Waals surface area contributed by atoms with Crippen molar-refractivity contribution < 1.29 is 38.2 Å². The van der Waals surface area contributed by atoms with E-state index in [0.717, 1.165) is 49.7 Å². The van der Waals surface area contributed by atoms with E-state index in [1.807, 2.05) is 13.8 Å². The highest BCUT2D eigenvalue weighted by molar-refractivity contribution is 6.03. The van der Waals surface area contributed by atoms with Gasteiger partial charge in [0, 0.05) is 13.1 Å². The summed E-state index contributed by atoms with van der Waals surface area (Å²) in [6, 6.07) is -2.71. The van der Waals surface area contributed by atoms with Crippen LogP contribution in [0.25, 0.3) is 0 Å². The fraction of sp³-hybridized carbons (Fsp3) is 0.727. The monoisotopic (exact) mass is 484 g/mol. The first kappa shape index (κ1) is 28.9. The SMILES string of the molecule is CCCCNC(=O)CN1C(=O)[C@H](CC(=O)OC)N(CC(=O)NCCCC)C(=O)[C@@H]1CC(=O)OC. The minimum Gasteiger partial charge on any atom is -0.469 e. The molecule has 192 valence electrons. The molecular weight excluding hydrogens is 448 g/mol. The van der Waals surface area contributed by atoms with Crippen molar-refractivity contribution in [3.8, 4) is 0 Å². The lowest BCUT2D eigenvalue weighted by atomic mass is 9.99. The molecule has 1 heterocycles. The van der Waals surface area contributed by atoms with Gasteiger partial charge >= 0.3 is 11.9 Å². The van der Waals surface area contributed by atoms with E-state index < -0.39 is 73.6 Å². The molecule has 2 atom stereocenters. The van der Waals surface area contributed by atoms with Crippen LogP contribution in [0.2, 0.25) is 0 Å². The van der Waals surface area contributed by atoms with Crippen LogP contribution in [-0.4, -0.2) is 97.8 Å². The quantitative estimate of drug-likeness (QED) is 0.244. The zero-order valence-electron chi connectivity index (χ0n) is 20.4. The summed E-state index contributed by atoms with van der Waals surface area (Å²) < 4.78 is 9.32. The Bertz CT molecular complexity index is 695. The molecule has 0 aromatic rings. The van der Waals surface area contributed by atoms with Gasteiger partial charge in [0.25, 0.3) is 0 Å². The highest BCUT2D eigenvalue weighted by Crippen LogP contribution is 2.23. The number of carbonyl (C=O) groups is 6. The molecular formula is C22H36N4O8. The summed E-state index contributed by atoms with van der Waals surface area (Å²) in [5.41, 5.74) is 0. The molecule has 0 aromatic carbocycles. The van der Waals surface area contributed by atoms with Gasteiger partial charge in [0.1, 0.15) is 25.2 Å². The van der Waals surface area contributed by atoms with Crippen molar-refractivity contribution in [1.82, 2.24) is 20.4 Å². The van der Waals surface area contributed by atoms with Crippen molar-refractivity contribution in [1.29, 1.82) is 0 Å². The summed E-state index contributed by atoms with van der Waals surface area (Å²) in [5.74, 6) is -4.00. The molecule has 0 aliphatic carbocycles. The van der Waals surface area contributed by atoms with E-state index >= 15 is 0 Å². The molecule has 0 spiro atoms. The molecule has 1 rings (SSSR count). The molecule has 12 heteroatoms. The minimum absolute atomic E-state index is 0.391. The first-order valence-electron chi connectivity index (χ1n) is 11.5. The number of nitrogens with one attached hydrogen (secondary N) is 2. The second-order valence-corrected chi connectivity index (χ2v) is 7.93. The van der Waals surface area contributed by atoms with Crippen LogP contribution in [-0.2, 0) is 38.2 Å². The molecule has 0 radical (unpaired) electrons. The van der Waals surface area contributed by atoms with E-state index in [2.05, 4.69) is 20.1 Å². The molecule has 0 aromatic heterocycles. The first-order chi connectivity index (χ1) is 16.2. The Kier molecular flexibility index (Phi) is 12.6. The number of nitrogens with zero attached hydrogens (tertiary/aromatic N) is 2. The summed E-state index contributed by atoms with van der Waals surface area (Å²) in [7, 11) is 2.27. The highest BCUT2D eigenvalue weighted by atomic mass is 16.5. The maximum absolute atomic E-state index is 13.4. The van der Waals surface area contributed by atoms with Gasteiger partial charge in [-0.3, -0.25) is 28.8 Å². The Morgan fingerprint density at radius 3 is 1.38 bits per heavy atom. The smallest absolute Gasteiger partial charge is 0.308 e. The Morgan fingerprint density at radius 1 is 0.735 bits per heavy atom. The lowest BCUT2D eigenvalue weighted by Crippen LogP contribution is -2.67. The van der Waals surface area contributed by atoms with Crippen LogP contribution >= 0.6 is 0 Å². The average molecular weight is 485 g/mol. The predicted octanol–water partition coefficient (Wildman–Crippen LogP) is -0.647. The van der Waals surface area contributed by atoms with Crippen molar-refractivity contribution in [3.05, 3.63) is 0 Å². The second kappa shape index (κ2) is 14.9. The second-order valence-electron chi connectivity index (χ2n) is 7.93. The lowest BCUT2D eigenvalue weighted by Gasteiger charge is -2.43. The summed E-state index contributed by atoms with van der Waals surface area (Å²) in [5, 5.41) is 5.33. The first-order valence-corrected chi connectivity index (χ1v) is 11.5. The third kappa shape index (κ3) is 8.64. The van der Waals surface area contributed by atoms with Crippen LogP contribution in [0.1, 0.15) is 52.4 Å². The van der Waals surface area contributed by atoms with Gasteiger partial charge in [0.05, 0.1) is 27.1 Å². The number of rotatable bonds is 14. The van der Waals surface area contributed by atoms with Crippen molar-refractivity contribution in [3.63, 3.8) is 0 Å². The van der Waals surface area contributed by atoms with Crippen molar-refractivity contribution in [2.45, 2.75) is 64.5 Å². The Balaban J connectivity index is 3.23. The summed E-state index contributed by atoms with van der Waals surface area (Å²) >= 11 is 0. The van der Waals surface area contributed by atoms with Crippen LogP contribution in [0.4, 0.5) is 0 Å². The molecule has 0 saturated carbocycles. The molecule has 4 amide bonds. The number of ether oxygens (including phenoxy) is 2. The third-order valence-electron chi connectivity index (χ3n) is 5.40. The largest absolute Gasteiger partial charge is 0.469 e. The fourth-order valence-electron chi connectivity index (χ4n) is 3.44. The van der Waals surface area contributed by atoms with Gasteiger partial charge in [-0.2, -0.15) is 0 Å². The normalized spacial score (nSPS) is 17.9. The van der Waals surface area contributed by atoms with Crippen LogP contribution in [0.15, 0.2) is 0 Å². The molecule has 34 heavy (non-hydrogen) atoms. The van der Waals surface area contributed by atoms with Crippen LogP contribution in [0.3, 0.4) is 0 Å². The van der Waals surface area contributed by atoms with E-state index in [1.165, 1.54) is 0 Å². The maximum atomic E-state index is 13.4. The number of carbonyl (C=O) groups excluding carboxylic acids is 6. The number of hydrogen-bond donors (Lipinski definition) is 2. The van der Waals surface area contributed by atoms with E-state index in [4.69, 9.17) is 0 Å². The van der Waals surface area contributed by atoms with E-state index in [0.29, 0.717) is 13.1 Å². The van der Waals surface area contributed by atoms with E-state index in [1.54, 1.807) is 0 Å². The molecule has 2 N–H and O–H groups in total. The Morgan fingerprint density at radius 2 is 1.09 bits per heavy atom. The molecule has 1 saturated heterocycles. The number of hydrogen-bond acceptors (Lipinski definition) is 8. The van der Waals surface area contributed by atoms with Gasteiger partial charge in [-0.15, -0.1) is 0 Å². The van der Waals surface area contributed by atoms with Gasteiger partial charge in [-0.1, -0.05) is 26.7 Å². The number of unbranched alkanes of at least 4 members (excludes halogenated alkanes) is 2. The highest BCUT2D eigenvalue weighted by Gasteiger charge is 2.48. The van der Waals surface area contributed by atoms with E-state index in [9.17, 15) is 28.8 Å². The molecule has 0 bridgehead atoms. The van der Waals surface area contributed by atoms with Crippen LogP contribution < -0.4 is 10.6 Å². The number of methoxy groups -OCH3 is 2. The Labute approximate surface area is 199 Å². The van der Waals surface area contributed by atoms with Gasteiger partial charge in [-0.25, -0.2) is 0 Å². The van der Waals surface area contributed by atoms with Crippen molar-refractivity contribution in [2.75, 3.05) is 40.4 Å². The lowest BCUT2D eigenvalue weighted by molar-refractivity contribution is -0.169. The van der Waals surface area contributed by atoms with Crippen LogP contribution in [0, 0.1) is 0 Å². The van der Waals surface area contributed by atoms with Gasteiger partial charge in [-0.05, 0) is 12.8 Å². The number of esters is 2. The molecule has 0 unspecified atom stereocenters. The zero-order chi connectivity index (χ0) is 25.7. The molecule has 1 aliphatic heterocycles. The van der Waals surface area contributed by atoms with Gasteiger partial charge < -0.3 is 29.9 Å². The molecule has 1 fully saturated rings. The Hall–Kier alpha value is -3.18. The van der Waals surface area contributed by atoms with Gasteiger partial charge in [0.2, 0.25) is 23.6 Å². The zero-order valence-corrected chi connectivity index (χ0v) is 20.4. The standard InChI is InChI=1S/C22H36N4O8/c1-5-7-9-23-17(27)13-25-15(11-19(29)33-3)22(32)26(14-18(28)24-10-8-6-2)16(21(25)31)12-20(30)34-4/h15-16H,5-14H2,1-4H3,(H,23,27)(H,24,28)/t15-,16-/m0/s1. The summed E-state index contributed by atoms with van der Waals surface area (Å²) in [6.45, 7) is 3.73. The van der Waals surface area contributed by atoms with E-state index in [-0.39, 0.29) is 0 Å². The number of piperazine rings is 1. The number of amides is 4. The topological polar surface area (TPSA) is 151 Å². The third-order valence-corrected chi connectivity index (χ3v) is 5.40.